The molecular weight excluding hydrogens is 575 g/mol. The summed E-state index contributed by atoms with van der Waals surface area (Å²) in [5.74, 6) is 0. The molecule has 0 unspecified atom stereocenters. The molecule has 0 bridgehead atoms. The van der Waals surface area contributed by atoms with Crippen LogP contribution in [0.15, 0.2) is 158 Å². The van der Waals surface area contributed by atoms with Gasteiger partial charge in [-0.3, -0.25) is 0 Å². The molecule has 0 saturated heterocycles. The first-order valence-corrected chi connectivity index (χ1v) is 15.1. The van der Waals surface area contributed by atoms with E-state index in [1.807, 2.05) is 0 Å². The quantitative estimate of drug-likeness (QED) is 0.175. The average Bonchev–Trinajstić information content (AvgIpc) is 3.03. The SMILES string of the molecule is Cc1ccc(-c2ccccc2-c2ccc(C)cc2)cc1.ClC(Cl)Cl.c1ccc(-c2ccccc2-c2ccccc2)cc1. The van der Waals surface area contributed by atoms with E-state index in [1.54, 1.807) is 0 Å². The topological polar surface area (TPSA) is 0 Å². The van der Waals surface area contributed by atoms with E-state index >= 15 is 0 Å². The monoisotopic (exact) mass is 606 g/mol. The predicted molar refractivity (Wildman–Crippen MR) is 185 cm³/mol. The fourth-order valence-electron chi connectivity index (χ4n) is 4.67. The van der Waals surface area contributed by atoms with Crippen molar-refractivity contribution in [2.75, 3.05) is 0 Å². The lowest BCUT2D eigenvalue weighted by atomic mass is 9.94. The number of hydrogen-bond acceptors (Lipinski definition) is 0. The molecule has 0 aromatic heterocycles. The van der Waals surface area contributed by atoms with Crippen molar-refractivity contribution >= 4 is 34.8 Å². The molecule has 0 spiro atoms. The standard InChI is InChI=1S/C20H18.C18H14.CHCl3/c1-15-7-11-17(12-8-15)19-5-3-4-6-20(19)18-13-9-16(2)10-14-18;1-3-9-15(10-4-1)17-13-7-8-14-18(17)16-11-5-2-6-12-16;2-1(3)4/h3-14H,1-2H3;1-14H;1H. The lowest BCUT2D eigenvalue weighted by molar-refractivity contribution is 1.46. The van der Waals surface area contributed by atoms with Crippen molar-refractivity contribution in [2.45, 2.75) is 18.1 Å². The fraction of sp³-hybridized carbons (Fsp3) is 0.0769. The molecule has 0 heterocycles. The van der Waals surface area contributed by atoms with Crippen molar-refractivity contribution in [3.8, 4) is 44.5 Å². The third-order valence-corrected chi connectivity index (χ3v) is 6.75. The Balaban J connectivity index is 0.000000172. The predicted octanol–water partition coefficient (Wildman–Crippen LogP) is 12.6. The number of hydrogen-bond donors (Lipinski definition) is 0. The Labute approximate surface area is 265 Å². The Hall–Kier alpha value is -3.81. The summed E-state index contributed by atoms with van der Waals surface area (Å²) in [5.41, 5.74) is 12.8. The van der Waals surface area contributed by atoms with Crippen LogP contribution in [0.2, 0.25) is 0 Å². The van der Waals surface area contributed by atoms with Crippen LogP contribution in [-0.4, -0.2) is 4.30 Å². The largest absolute Gasteiger partial charge is 0.180 e. The molecule has 0 nitrogen and oxygen atoms in total. The van der Waals surface area contributed by atoms with Crippen LogP contribution in [0.3, 0.4) is 0 Å². The van der Waals surface area contributed by atoms with Gasteiger partial charge in [-0.2, -0.15) is 0 Å². The molecule has 0 amide bonds. The minimum Gasteiger partial charge on any atom is -0.0874 e. The highest BCUT2D eigenvalue weighted by Gasteiger charge is 2.07. The third-order valence-electron chi connectivity index (χ3n) is 6.75. The smallest absolute Gasteiger partial charge is 0.0874 e. The summed E-state index contributed by atoms with van der Waals surface area (Å²) >= 11 is 14.4. The Morgan fingerprint density at radius 2 is 0.524 bits per heavy atom. The van der Waals surface area contributed by atoms with E-state index in [0.29, 0.717) is 0 Å². The van der Waals surface area contributed by atoms with E-state index in [1.165, 1.54) is 55.6 Å². The van der Waals surface area contributed by atoms with Gasteiger partial charge >= 0.3 is 0 Å². The van der Waals surface area contributed by atoms with E-state index in [4.69, 9.17) is 34.8 Å². The summed E-state index contributed by atoms with van der Waals surface area (Å²) in [4.78, 5) is 0. The van der Waals surface area contributed by atoms with Gasteiger partial charge in [-0.05, 0) is 58.4 Å². The first kappa shape index (κ1) is 31.1. The van der Waals surface area contributed by atoms with Crippen molar-refractivity contribution < 1.29 is 0 Å². The Morgan fingerprint density at radius 3 is 0.786 bits per heavy atom. The number of rotatable bonds is 4. The molecule has 0 aliphatic heterocycles. The van der Waals surface area contributed by atoms with Gasteiger partial charge in [-0.15, -0.1) is 0 Å². The molecule has 0 saturated carbocycles. The Morgan fingerprint density at radius 1 is 0.310 bits per heavy atom. The van der Waals surface area contributed by atoms with Crippen LogP contribution in [0.4, 0.5) is 0 Å². The van der Waals surface area contributed by atoms with E-state index in [9.17, 15) is 0 Å². The summed E-state index contributed by atoms with van der Waals surface area (Å²) in [6.07, 6.45) is 0. The summed E-state index contributed by atoms with van der Waals surface area (Å²) in [6.45, 7) is 4.24. The number of benzene rings is 6. The van der Waals surface area contributed by atoms with Gasteiger partial charge < -0.3 is 0 Å². The van der Waals surface area contributed by atoms with Crippen LogP contribution in [0, 0.1) is 13.8 Å². The second-order valence-corrected chi connectivity index (χ2v) is 11.8. The third kappa shape index (κ3) is 9.10. The molecule has 6 rings (SSSR count). The maximum absolute atomic E-state index is 4.81. The van der Waals surface area contributed by atoms with E-state index in [2.05, 4.69) is 172 Å². The second kappa shape index (κ2) is 16.0. The molecule has 0 atom stereocenters. The number of alkyl halides is 3. The Kier molecular flexibility index (Phi) is 11.9. The van der Waals surface area contributed by atoms with Gasteiger partial charge in [0.2, 0.25) is 0 Å². The molecule has 0 aliphatic rings. The summed E-state index contributed by atoms with van der Waals surface area (Å²) < 4.78 is -0.750. The molecule has 0 fully saturated rings. The zero-order valence-electron chi connectivity index (χ0n) is 23.7. The van der Waals surface area contributed by atoms with Crippen molar-refractivity contribution in [3.63, 3.8) is 0 Å². The van der Waals surface area contributed by atoms with E-state index < -0.39 is 4.30 Å². The van der Waals surface area contributed by atoms with E-state index in [-0.39, 0.29) is 0 Å². The van der Waals surface area contributed by atoms with Crippen LogP contribution in [0.25, 0.3) is 44.5 Å². The zero-order valence-corrected chi connectivity index (χ0v) is 26.0. The highest BCUT2D eigenvalue weighted by molar-refractivity contribution is 6.63. The van der Waals surface area contributed by atoms with Crippen LogP contribution in [0.1, 0.15) is 11.1 Å². The minimum absolute atomic E-state index is 0.750. The summed E-state index contributed by atoms with van der Waals surface area (Å²) in [5, 5.41) is 0. The molecule has 6 aromatic carbocycles. The van der Waals surface area contributed by atoms with Crippen LogP contribution < -0.4 is 0 Å². The average molecular weight is 608 g/mol. The molecular formula is C39H33Cl3. The molecule has 3 heteroatoms. The molecule has 0 radical (unpaired) electrons. The maximum atomic E-state index is 4.81. The summed E-state index contributed by atoms with van der Waals surface area (Å²) in [6, 6.07) is 55.6. The Bertz CT molecular complexity index is 1520. The molecule has 0 aliphatic carbocycles. The molecule has 6 aromatic rings. The highest BCUT2D eigenvalue weighted by Crippen LogP contribution is 2.33. The normalized spacial score (nSPS) is 10.2. The first-order chi connectivity index (χ1) is 20.4. The lowest BCUT2D eigenvalue weighted by Crippen LogP contribution is -1.85. The minimum atomic E-state index is -0.750. The number of aryl methyl sites for hydroxylation is 2. The molecule has 42 heavy (non-hydrogen) atoms. The van der Waals surface area contributed by atoms with Gasteiger partial charge in [0.05, 0.1) is 0 Å². The van der Waals surface area contributed by atoms with Crippen molar-refractivity contribution in [2.24, 2.45) is 0 Å². The lowest BCUT2D eigenvalue weighted by Gasteiger charge is -2.10. The van der Waals surface area contributed by atoms with Gasteiger partial charge in [0.25, 0.3) is 0 Å². The van der Waals surface area contributed by atoms with Crippen molar-refractivity contribution in [1.82, 2.24) is 0 Å². The van der Waals surface area contributed by atoms with Crippen molar-refractivity contribution in [3.05, 3.63) is 169 Å². The summed E-state index contributed by atoms with van der Waals surface area (Å²) in [7, 11) is 0. The fourth-order valence-corrected chi connectivity index (χ4v) is 4.67. The first-order valence-electron chi connectivity index (χ1n) is 13.8. The second-order valence-electron chi connectivity index (χ2n) is 9.80. The van der Waals surface area contributed by atoms with Crippen LogP contribution in [0.5, 0.6) is 0 Å². The van der Waals surface area contributed by atoms with Gasteiger partial charge in [0.1, 0.15) is 0 Å². The van der Waals surface area contributed by atoms with Gasteiger partial charge in [-0.25, -0.2) is 0 Å². The zero-order chi connectivity index (χ0) is 29.7. The number of halogens is 3. The van der Waals surface area contributed by atoms with Crippen molar-refractivity contribution in [1.29, 1.82) is 0 Å². The van der Waals surface area contributed by atoms with Crippen LogP contribution >= 0.6 is 34.8 Å². The van der Waals surface area contributed by atoms with Crippen LogP contribution in [-0.2, 0) is 0 Å². The molecule has 210 valence electrons. The highest BCUT2D eigenvalue weighted by atomic mass is 35.6. The maximum Gasteiger partial charge on any atom is 0.180 e. The van der Waals surface area contributed by atoms with Gasteiger partial charge in [0.15, 0.2) is 4.30 Å². The molecule has 0 N–H and O–H groups in total. The van der Waals surface area contributed by atoms with Gasteiger partial charge in [0, 0.05) is 0 Å². The van der Waals surface area contributed by atoms with E-state index in [0.717, 1.165) is 0 Å². The van der Waals surface area contributed by atoms with Gasteiger partial charge in [-0.1, -0.05) is 204 Å².